The summed E-state index contributed by atoms with van der Waals surface area (Å²) in [5.74, 6) is -0.0168. The van der Waals surface area contributed by atoms with Gasteiger partial charge in [0.05, 0.1) is 17.3 Å². The van der Waals surface area contributed by atoms with E-state index >= 15 is 0 Å². The molecule has 1 aliphatic rings. The molecule has 1 amide bonds. The van der Waals surface area contributed by atoms with Gasteiger partial charge in [0.15, 0.2) is 0 Å². The third kappa shape index (κ3) is 3.22. The number of carbonyl (C=O) groups excluding carboxylic acids is 1. The number of hydrogen-bond donors (Lipinski definition) is 2. The van der Waals surface area contributed by atoms with Crippen molar-refractivity contribution in [2.45, 2.75) is 13.0 Å². The summed E-state index contributed by atoms with van der Waals surface area (Å²) in [6.07, 6.45) is 0. The molecule has 0 saturated carbocycles. The summed E-state index contributed by atoms with van der Waals surface area (Å²) in [6.45, 7) is 5.29. The Hall–Kier alpha value is -1.10. The van der Waals surface area contributed by atoms with Crippen LogP contribution < -0.4 is 10.6 Å². The lowest BCUT2D eigenvalue weighted by atomic mass is 10.1. The second-order valence-corrected chi connectivity index (χ2v) is 4.81. The van der Waals surface area contributed by atoms with E-state index in [1.807, 2.05) is 12.1 Å². The van der Waals surface area contributed by atoms with Gasteiger partial charge in [-0.25, -0.2) is 0 Å². The van der Waals surface area contributed by atoms with Gasteiger partial charge in [-0.3, -0.25) is 9.69 Å². The van der Waals surface area contributed by atoms with E-state index in [-0.39, 0.29) is 5.91 Å². The lowest BCUT2D eigenvalue weighted by molar-refractivity contribution is -0.118. The van der Waals surface area contributed by atoms with E-state index in [9.17, 15) is 4.79 Å². The van der Waals surface area contributed by atoms with Crippen LogP contribution in [0.4, 0.5) is 5.69 Å². The Bertz CT molecular complexity index is 420. The van der Waals surface area contributed by atoms with Crippen molar-refractivity contribution in [1.82, 2.24) is 10.2 Å². The van der Waals surface area contributed by atoms with Crippen molar-refractivity contribution in [2.24, 2.45) is 0 Å². The second-order valence-electron chi connectivity index (χ2n) is 4.40. The van der Waals surface area contributed by atoms with Crippen LogP contribution >= 0.6 is 11.6 Å². The average molecular weight is 268 g/mol. The maximum atomic E-state index is 11.9. The number of anilines is 1. The minimum atomic E-state index is -0.0168. The maximum Gasteiger partial charge on any atom is 0.238 e. The molecule has 0 aromatic heterocycles. The first kappa shape index (κ1) is 13.3. The van der Waals surface area contributed by atoms with Gasteiger partial charge in [-0.2, -0.15) is 0 Å². The number of halogens is 1. The van der Waals surface area contributed by atoms with Crippen molar-refractivity contribution in [2.75, 3.05) is 31.5 Å². The zero-order chi connectivity index (χ0) is 13.0. The van der Waals surface area contributed by atoms with E-state index < -0.39 is 0 Å². The zero-order valence-corrected chi connectivity index (χ0v) is 11.2. The molecule has 0 radical (unpaired) electrons. The van der Waals surface area contributed by atoms with Crippen LogP contribution in [0.2, 0.25) is 5.02 Å². The van der Waals surface area contributed by atoms with E-state index in [1.54, 1.807) is 12.1 Å². The molecule has 1 saturated heterocycles. The van der Waals surface area contributed by atoms with Crippen molar-refractivity contribution < 1.29 is 4.79 Å². The normalized spacial score (nSPS) is 15.5. The molecule has 1 aliphatic heterocycles. The Labute approximate surface area is 112 Å². The fourth-order valence-electron chi connectivity index (χ4n) is 1.97. The number of amides is 1. The lowest BCUT2D eigenvalue weighted by Gasteiger charge is -2.37. The van der Waals surface area contributed by atoms with Crippen LogP contribution in [0, 0.1) is 0 Å². The summed E-state index contributed by atoms with van der Waals surface area (Å²) < 4.78 is 0. The number of benzene rings is 1. The molecule has 18 heavy (non-hydrogen) atoms. The predicted octanol–water partition coefficient (Wildman–Crippen LogP) is 1.57. The SMILES string of the molecule is CCN(CC(=O)Nc1ccccc1Cl)C1CNC1. The van der Waals surface area contributed by atoms with Crippen LogP contribution in [-0.4, -0.2) is 43.0 Å². The van der Waals surface area contributed by atoms with Gasteiger partial charge in [0.2, 0.25) is 5.91 Å². The average Bonchev–Trinajstić information content (AvgIpc) is 2.29. The van der Waals surface area contributed by atoms with Crippen molar-refractivity contribution in [3.63, 3.8) is 0 Å². The molecular formula is C13H18ClN3O. The van der Waals surface area contributed by atoms with Crippen LogP contribution in [0.25, 0.3) is 0 Å². The van der Waals surface area contributed by atoms with E-state index in [1.165, 1.54) is 0 Å². The molecular weight excluding hydrogens is 250 g/mol. The summed E-state index contributed by atoms with van der Waals surface area (Å²) in [6, 6.07) is 7.75. The quantitative estimate of drug-likeness (QED) is 0.851. The number of nitrogens with zero attached hydrogens (tertiary/aromatic N) is 1. The van der Waals surface area contributed by atoms with Gasteiger partial charge in [-0.1, -0.05) is 30.7 Å². The van der Waals surface area contributed by atoms with E-state index in [0.29, 0.717) is 23.3 Å². The van der Waals surface area contributed by atoms with Crippen molar-refractivity contribution in [3.05, 3.63) is 29.3 Å². The number of carbonyl (C=O) groups is 1. The Kier molecular flexibility index (Phi) is 4.58. The molecule has 98 valence electrons. The molecule has 2 N–H and O–H groups in total. The van der Waals surface area contributed by atoms with Gasteiger partial charge in [0.1, 0.15) is 0 Å². The zero-order valence-electron chi connectivity index (χ0n) is 10.4. The topological polar surface area (TPSA) is 44.4 Å². The van der Waals surface area contributed by atoms with Crippen molar-refractivity contribution in [1.29, 1.82) is 0 Å². The molecule has 5 heteroatoms. The number of likely N-dealkylation sites (N-methyl/N-ethyl adjacent to an activating group) is 1. The summed E-state index contributed by atoms with van der Waals surface area (Å²) in [4.78, 5) is 14.1. The van der Waals surface area contributed by atoms with Crippen LogP contribution in [0.1, 0.15) is 6.92 Å². The molecule has 2 rings (SSSR count). The highest BCUT2D eigenvalue weighted by molar-refractivity contribution is 6.33. The summed E-state index contributed by atoms with van der Waals surface area (Å²) in [5.41, 5.74) is 0.673. The molecule has 0 spiro atoms. The summed E-state index contributed by atoms with van der Waals surface area (Å²) >= 11 is 6.00. The standard InChI is InChI=1S/C13H18ClN3O/c1-2-17(10-7-15-8-10)9-13(18)16-12-6-4-3-5-11(12)14/h3-6,10,15H,2,7-9H2,1H3,(H,16,18). The molecule has 0 atom stereocenters. The fraction of sp³-hybridized carbons (Fsp3) is 0.462. The Morgan fingerprint density at radius 2 is 2.22 bits per heavy atom. The minimum absolute atomic E-state index is 0.0168. The van der Waals surface area contributed by atoms with Crippen molar-refractivity contribution in [3.8, 4) is 0 Å². The highest BCUT2D eigenvalue weighted by Gasteiger charge is 2.24. The Morgan fingerprint density at radius 1 is 1.50 bits per heavy atom. The van der Waals surface area contributed by atoms with Gasteiger partial charge >= 0.3 is 0 Å². The first-order valence-electron chi connectivity index (χ1n) is 6.20. The highest BCUT2D eigenvalue weighted by Crippen LogP contribution is 2.20. The molecule has 0 unspecified atom stereocenters. The van der Waals surface area contributed by atoms with Crippen LogP contribution in [-0.2, 0) is 4.79 Å². The smallest absolute Gasteiger partial charge is 0.238 e. The number of para-hydroxylation sites is 1. The van der Waals surface area contributed by atoms with Gasteiger partial charge in [0.25, 0.3) is 0 Å². The van der Waals surface area contributed by atoms with E-state index in [0.717, 1.165) is 19.6 Å². The highest BCUT2D eigenvalue weighted by atomic mass is 35.5. The Morgan fingerprint density at radius 3 is 2.78 bits per heavy atom. The first-order chi connectivity index (χ1) is 8.70. The monoisotopic (exact) mass is 267 g/mol. The third-order valence-electron chi connectivity index (χ3n) is 3.18. The molecule has 1 aromatic carbocycles. The van der Waals surface area contributed by atoms with Gasteiger partial charge in [-0.05, 0) is 18.7 Å². The van der Waals surface area contributed by atoms with Crippen molar-refractivity contribution >= 4 is 23.2 Å². The molecule has 1 aromatic rings. The van der Waals surface area contributed by atoms with E-state index in [2.05, 4.69) is 22.5 Å². The van der Waals surface area contributed by atoms with E-state index in [4.69, 9.17) is 11.6 Å². The number of rotatable bonds is 5. The lowest BCUT2D eigenvalue weighted by Crippen LogP contribution is -2.58. The fourth-order valence-corrected chi connectivity index (χ4v) is 2.15. The summed E-state index contributed by atoms with van der Waals surface area (Å²) in [5, 5.41) is 6.63. The molecule has 0 bridgehead atoms. The van der Waals surface area contributed by atoms with Crippen LogP contribution in [0.3, 0.4) is 0 Å². The summed E-state index contributed by atoms with van der Waals surface area (Å²) in [7, 11) is 0. The Balaban J connectivity index is 1.89. The van der Waals surface area contributed by atoms with Gasteiger partial charge < -0.3 is 10.6 Å². The van der Waals surface area contributed by atoms with Crippen LogP contribution in [0.15, 0.2) is 24.3 Å². The number of hydrogen-bond acceptors (Lipinski definition) is 3. The first-order valence-corrected chi connectivity index (χ1v) is 6.57. The predicted molar refractivity (Wildman–Crippen MR) is 74.0 cm³/mol. The third-order valence-corrected chi connectivity index (χ3v) is 3.51. The molecule has 0 aliphatic carbocycles. The maximum absolute atomic E-state index is 11.9. The molecule has 4 nitrogen and oxygen atoms in total. The second kappa shape index (κ2) is 6.18. The largest absolute Gasteiger partial charge is 0.324 e. The van der Waals surface area contributed by atoms with Gasteiger partial charge in [-0.15, -0.1) is 0 Å². The molecule has 1 heterocycles. The molecule has 1 fully saturated rings. The van der Waals surface area contributed by atoms with Gasteiger partial charge in [0, 0.05) is 19.1 Å². The van der Waals surface area contributed by atoms with Crippen LogP contribution in [0.5, 0.6) is 0 Å². The number of nitrogens with one attached hydrogen (secondary N) is 2. The minimum Gasteiger partial charge on any atom is -0.324 e.